The summed E-state index contributed by atoms with van der Waals surface area (Å²) >= 11 is 0. The summed E-state index contributed by atoms with van der Waals surface area (Å²) in [5.41, 5.74) is -0.988. The fourth-order valence-corrected chi connectivity index (χ4v) is 2.90. The van der Waals surface area contributed by atoms with Gasteiger partial charge in [-0.3, -0.25) is 4.79 Å². The van der Waals surface area contributed by atoms with Crippen LogP contribution < -0.4 is 0 Å². The molecule has 0 aromatic rings. The van der Waals surface area contributed by atoms with Gasteiger partial charge in [-0.1, -0.05) is 0 Å². The van der Waals surface area contributed by atoms with Gasteiger partial charge in [-0.05, 0) is 39.8 Å². The van der Waals surface area contributed by atoms with Gasteiger partial charge >= 0.3 is 5.97 Å². The summed E-state index contributed by atoms with van der Waals surface area (Å²) in [4.78, 5) is 27.4. The van der Waals surface area contributed by atoms with Crippen molar-refractivity contribution < 1.29 is 14.7 Å². The number of amides is 1. The van der Waals surface area contributed by atoms with Crippen LogP contribution in [0, 0.1) is 5.92 Å². The second kappa shape index (κ2) is 4.29. The Morgan fingerprint density at radius 2 is 2.06 bits per heavy atom. The summed E-state index contributed by atoms with van der Waals surface area (Å²) in [6.45, 7) is 3.93. The van der Waals surface area contributed by atoms with E-state index in [1.807, 2.05) is 7.05 Å². The highest BCUT2D eigenvalue weighted by Gasteiger charge is 2.47. The van der Waals surface area contributed by atoms with Crippen LogP contribution in [0.5, 0.6) is 0 Å². The fourth-order valence-electron chi connectivity index (χ4n) is 2.90. The van der Waals surface area contributed by atoms with Crippen molar-refractivity contribution in [1.82, 2.24) is 9.80 Å². The summed E-state index contributed by atoms with van der Waals surface area (Å²) in [6, 6.07) is 0. The molecule has 2 fully saturated rings. The number of aliphatic carboxylic acids is 1. The lowest BCUT2D eigenvalue weighted by atomic mass is 9.97. The second-order valence-corrected chi connectivity index (χ2v) is 5.42. The van der Waals surface area contributed by atoms with Gasteiger partial charge in [0.25, 0.3) is 0 Å². The summed E-state index contributed by atoms with van der Waals surface area (Å²) in [6.07, 6.45) is 2.20. The molecule has 1 N–H and O–H groups in total. The molecule has 0 aromatic heterocycles. The molecule has 2 heterocycles. The Morgan fingerprint density at radius 3 is 2.59 bits per heavy atom. The van der Waals surface area contributed by atoms with E-state index in [9.17, 15) is 14.7 Å². The number of carbonyl (C=O) groups is 2. The number of carbonyl (C=O) groups excluding carboxylic acids is 1. The molecule has 1 amide bonds. The van der Waals surface area contributed by atoms with Crippen LogP contribution in [0.2, 0.25) is 0 Å². The highest BCUT2D eigenvalue weighted by Crippen LogP contribution is 2.32. The van der Waals surface area contributed by atoms with Gasteiger partial charge in [0.1, 0.15) is 5.54 Å². The smallest absolute Gasteiger partial charge is 0.329 e. The fraction of sp³-hybridized carbons (Fsp3) is 0.833. The van der Waals surface area contributed by atoms with Crippen molar-refractivity contribution in [2.75, 3.05) is 26.7 Å². The summed E-state index contributed by atoms with van der Waals surface area (Å²) in [7, 11) is 1.99. The zero-order chi connectivity index (χ0) is 12.6. The Morgan fingerprint density at radius 1 is 1.35 bits per heavy atom. The largest absolute Gasteiger partial charge is 0.480 e. The number of nitrogens with zero attached hydrogens (tertiary/aromatic N) is 2. The Hall–Kier alpha value is -1.10. The minimum absolute atomic E-state index is 0.0169. The van der Waals surface area contributed by atoms with Crippen LogP contribution in [-0.2, 0) is 9.59 Å². The molecule has 2 saturated heterocycles. The van der Waals surface area contributed by atoms with Crippen molar-refractivity contribution >= 4 is 11.9 Å². The van der Waals surface area contributed by atoms with E-state index < -0.39 is 11.5 Å². The van der Waals surface area contributed by atoms with E-state index in [1.165, 1.54) is 0 Å². The molecule has 0 aromatic carbocycles. The first kappa shape index (κ1) is 12.4. The summed E-state index contributed by atoms with van der Waals surface area (Å²) < 4.78 is 0. The molecular formula is C12H20N2O3. The normalized spacial score (nSPS) is 34.2. The Balaban J connectivity index is 2.11. The van der Waals surface area contributed by atoms with Crippen LogP contribution in [0.4, 0.5) is 0 Å². The van der Waals surface area contributed by atoms with E-state index in [1.54, 1.807) is 11.8 Å². The molecule has 0 aliphatic carbocycles. The number of carboxylic acids is 1. The third-order valence-electron chi connectivity index (χ3n) is 4.11. The first-order chi connectivity index (χ1) is 7.95. The number of likely N-dealkylation sites (tertiary alicyclic amines) is 2. The third-order valence-corrected chi connectivity index (χ3v) is 4.11. The minimum atomic E-state index is -0.988. The zero-order valence-corrected chi connectivity index (χ0v) is 10.5. The third kappa shape index (κ3) is 2.04. The van der Waals surface area contributed by atoms with Gasteiger partial charge in [-0.15, -0.1) is 0 Å². The summed E-state index contributed by atoms with van der Waals surface area (Å²) in [5, 5.41) is 9.28. The number of carboxylic acid groups (broad SMARTS) is 1. The molecule has 17 heavy (non-hydrogen) atoms. The van der Waals surface area contributed by atoms with Gasteiger partial charge in [-0.2, -0.15) is 0 Å². The van der Waals surface area contributed by atoms with Crippen LogP contribution in [0.25, 0.3) is 0 Å². The van der Waals surface area contributed by atoms with Crippen LogP contribution in [-0.4, -0.2) is 59.0 Å². The molecule has 5 nitrogen and oxygen atoms in total. The van der Waals surface area contributed by atoms with Gasteiger partial charge in [0.05, 0.1) is 5.92 Å². The van der Waals surface area contributed by atoms with E-state index in [0.29, 0.717) is 13.0 Å². The van der Waals surface area contributed by atoms with Gasteiger partial charge < -0.3 is 14.9 Å². The lowest BCUT2D eigenvalue weighted by Gasteiger charge is -2.33. The number of rotatable bonds is 2. The maximum Gasteiger partial charge on any atom is 0.329 e. The molecule has 2 unspecified atom stereocenters. The van der Waals surface area contributed by atoms with Crippen molar-refractivity contribution in [3.05, 3.63) is 0 Å². The van der Waals surface area contributed by atoms with Crippen LogP contribution in [0.15, 0.2) is 0 Å². The first-order valence-corrected chi connectivity index (χ1v) is 6.18. The van der Waals surface area contributed by atoms with E-state index in [2.05, 4.69) is 4.90 Å². The van der Waals surface area contributed by atoms with Crippen LogP contribution in [0.3, 0.4) is 0 Å². The van der Waals surface area contributed by atoms with E-state index in [4.69, 9.17) is 0 Å². The van der Waals surface area contributed by atoms with Crippen molar-refractivity contribution in [1.29, 1.82) is 0 Å². The molecule has 0 bridgehead atoms. The van der Waals surface area contributed by atoms with Crippen molar-refractivity contribution in [2.45, 2.75) is 31.7 Å². The maximum absolute atomic E-state index is 12.3. The van der Waals surface area contributed by atoms with Crippen molar-refractivity contribution in [2.24, 2.45) is 5.92 Å². The van der Waals surface area contributed by atoms with Gasteiger partial charge in [-0.25, -0.2) is 4.79 Å². The molecular weight excluding hydrogens is 220 g/mol. The van der Waals surface area contributed by atoms with Gasteiger partial charge in [0.2, 0.25) is 5.91 Å². The maximum atomic E-state index is 12.3. The number of hydrogen-bond donors (Lipinski definition) is 1. The predicted octanol–water partition coefficient (Wildman–Crippen LogP) is 0.404. The Kier molecular flexibility index (Phi) is 3.12. The molecule has 0 saturated carbocycles. The SMILES string of the molecule is CN1CCC(C(=O)N2CCCC2(C)C(=O)O)C1. The van der Waals surface area contributed by atoms with Crippen LogP contribution in [0.1, 0.15) is 26.2 Å². The van der Waals surface area contributed by atoms with E-state index in [-0.39, 0.29) is 11.8 Å². The average molecular weight is 240 g/mol. The average Bonchev–Trinajstić information content (AvgIpc) is 2.85. The van der Waals surface area contributed by atoms with Gasteiger partial charge in [0.15, 0.2) is 0 Å². The van der Waals surface area contributed by atoms with Crippen molar-refractivity contribution in [3.8, 4) is 0 Å². The Bertz CT molecular complexity index is 345. The van der Waals surface area contributed by atoms with Crippen LogP contribution >= 0.6 is 0 Å². The van der Waals surface area contributed by atoms with E-state index >= 15 is 0 Å². The predicted molar refractivity (Wildman–Crippen MR) is 62.6 cm³/mol. The topological polar surface area (TPSA) is 60.9 Å². The lowest BCUT2D eigenvalue weighted by Crippen LogP contribution is -2.52. The van der Waals surface area contributed by atoms with Crippen molar-refractivity contribution in [3.63, 3.8) is 0 Å². The number of hydrogen-bond acceptors (Lipinski definition) is 3. The zero-order valence-electron chi connectivity index (χ0n) is 10.5. The molecule has 96 valence electrons. The molecule has 2 aliphatic rings. The molecule has 2 atom stereocenters. The molecule has 5 heteroatoms. The quantitative estimate of drug-likeness (QED) is 0.759. The van der Waals surface area contributed by atoms with Gasteiger partial charge in [0, 0.05) is 13.1 Å². The molecule has 2 aliphatic heterocycles. The minimum Gasteiger partial charge on any atom is -0.480 e. The highest BCUT2D eigenvalue weighted by atomic mass is 16.4. The molecule has 0 spiro atoms. The molecule has 0 radical (unpaired) electrons. The lowest BCUT2D eigenvalue weighted by molar-refractivity contribution is -0.156. The molecule has 2 rings (SSSR count). The standard InChI is InChI=1S/C12H20N2O3/c1-12(11(16)17)5-3-6-14(12)10(15)9-4-7-13(2)8-9/h9H,3-8H2,1-2H3,(H,16,17). The Labute approximate surface area is 101 Å². The van der Waals surface area contributed by atoms with E-state index in [0.717, 1.165) is 25.9 Å². The highest BCUT2D eigenvalue weighted by molar-refractivity contribution is 5.88. The summed E-state index contributed by atoms with van der Waals surface area (Å²) in [5.74, 6) is -0.872. The second-order valence-electron chi connectivity index (χ2n) is 5.42. The monoisotopic (exact) mass is 240 g/mol. The first-order valence-electron chi connectivity index (χ1n) is 6.18.